The van der Waals surface area contributed by atoms with Crippen LogP contribution in [0.2, 0.25) is 0 Å². The predicted octanol–water partition coefficient (Wildman–Crippen LogP) is 1.93. The van der Waals surface area contributed by atoms with Gasteiger partial charge in [-0.2, -0.15) is 0 Å². The van der Waals surface area contributed by atoms with Crippen LogP contribution in [-0.2, 0) is 16.1 Å². The Morgan fingerprint density at radius 1 is 1.22 bits per heavy atom. The summed E-state index contributed by atoms with van der Waals surface area (Å²) in [5.74, 6) is -1.35. The van der Waals surface area contributed by atoms with Crippen molar-refractivity contribution in [2.45, 2.75) is 19.1 Å². The second-order valence-corrected chi connectivity index (χ2v) is 6.09. The summed E-state index contributed by atoms with van der Waals surface area (Å²) in [5.41, 5.74) is 0.846. The lowest BCUT2D eigenvalue weighted by Crippen LogP contribution is -2.54. The molecule has 7 nitrogen and oxygen atoms in total. The van der Waals surface area contributed by atoms with Gasteiger partial charge in [-0.25, -0.2) is 14.2 Å². The molecule has 1 aliphatic heterocycles. The minimum absolute atomic E-state index is 0.00650. The van der Waals surface area contributed by atoms with Gasteiger partial charge in [0.1, 0.15) is 24.2 Å². The number of nitrogens with zero attached hydrogens (tertiary/aromatic N) is 2. The highest BCUT2D eigenvalue weighted by Crippen LogP contribution is 2.11. The van der Waals surface area contributed by atoms with Gasteiger partial charge >= 0.3 is 6.09 Å². The van der Waals surface area contributed by atoms with Gasteiger partial charge in [-0.1, -0.05) is 30.3 Å². The zero-order chi connectivity index (χ0) is 19.2. The van der Waals surface area contributed by atoms with Gasteiger partial charge in [0, 0.05) is 13.0 Å². The van der Waals surface area contributed by atoms with Crippen molar-refractivity contribution in [1.29, 1.82) is 0 Å². The number of likely N-dealkylation sites (tertiary alicyclic amines) is 1. The average Bonchev–Trinajstić information content (AvgIpc) is 2.69. The van der Waals surface area contributed by atoms with E-state index in [1.165, 1.54) is 11.0 Å². The molecule has 2 heterocycles. The van der Waals surface area contributed by atoms with Crippen molar-refractivity contribution in [1.82, 2.24) is 15.2 Å². The first kappa shape index (κ1) is 18.5. The first-order valence-corrected chi connectivity index (χ1v) is 8.43. The van der Waals surface area contributed by atoms with E-state index in [1.54, 1.807) is 0 Å². The number of amides is 2. The van der Waals surface area contributed by atoms with Crippen LogP contribution in [0.15, 0.2) is 48.7 Å². The SMILES string of the molecule is O=C(NC1CN(C(=O)OCc2ccccc2)CCC1=O)c1ccc(F)cn1. The van der Waals surface area contributed by atoms with Crippen molar-refractivity contribution >= 4 is 17.8 Å². The van der Waals surface area contributed by atoms with E-state index in [0.29, 0.717) is 0 Å². The summed E-state index contributed by atoms with van der Waals surface area (Å²) in [6.07, 6.45) is 0.484. The fourth-order valence-electron chi connectivity index (χ4n) is 2.68. The van der Waals surface area contributed by atoms with Crippen LogP contribution in [0.4, 0.5) is 9.18 Å². The molecule has 1 aromatic carbocycles. The van der Waals surface area contributed by atoms with E-state index in [4.69, 9.17) is 4.74 Å². The van der Waals surface area contributed by atoms with Crippen molar-refractivity contribution in [3.63, 3.8) is 0 Å². The Bertz CT molecular complexity index is 827. The summed E-state index contributed by atoms with van der Waals surface area (Å²) >= 11 is 0. The van der Waals surface area contributed by atoms with Crippen LogP contribution >= 0.6 is 0 Å². The maximum atomic E-state index is 12.9. The monoisotopic (exact) mass is 371 g/mol. The number of benzene rings is 1. The molecule has 3 rings (SSSR count). The maximum Gasteiger partial charge on any atom is 0.410 e. The Hall–Kier alpha value is -3.29. The molecule has 140 valence electrons. The van der Waals surface area contributed by atoms with Gasteiger partial charge in [-0.3, -0.25) is 9.59 Å². The number of ether oxygens (including phenoxy) is 1. The summed E-state index contributed by atoms with van der Waals surface area (Å²) in [4.78, 5) is 41.6. The molecule has 0 aliphatic carbocycles. The standard InChI is InChI=1S/C19H18FN3O4/c20-14-6-7-15(21-10-14)18(25)22-16-11-23(9-8-17(16)24)19(26)27-12-13-4-2-1-3-5-13/h1-7,10,16H,8-9,11-12H2,(H,22,25). The Kier molecular flexibility index (Phi) is 5.75. The molecule has 0 bridgehead atoms. The van der Waals surface area contributed by atoms with E-state index in [0.717, 1.165) is 17.8 Å². The highest BCUT2D eigenvalue weighted by molar-refractivity contribution is 5.97. The first-order valence-electron chi connectivity index (χ1n) is 8.43. The highest BCUT2D eigenvalue weighted by atomic mass is 19.1. The Morgan fingerprint density at radius 2 is 2.00 bits per heavy atom. The Balaban J connectivity index is 1.56. The molecule has 1 aromatic heterocycles. The Labute approximate surface area is 155 Å². The summed E-state index contributed by atoms with van der Waals surface area (Å²) in [6.45, 7) is 0.369. The quantitative estimate of drug-likeness (QED) is 0.887. The molecule has 2 aromatic rings. The van der Waals surface area contributed by atoms with Crippen LogP contribution in [0, 0.1) is 5.82 Å². The van der Waals surface area contributed by atoms with Crippen LogP contribution in [0.1, 0.15) is 22.5 Å². The largest absolute Gasteiger partial charge is 0.445 e. The number of rotatable bonds is 4. The zero-order valence-electron chi connectivity index (χ0n) is 14.4. The van der Waals surface area contributed by atoms with Gasteiger partial charge in [0.2, 0.25) is 0 Å². The van der Waals surface area contributed by atoms with Crippen LogP contribution in [0.5, 0.6) is 0 Å². The van der Waals surface area contributed by atoms with Gasteiger partial charge in [0.15, 0.2) is 5.78 Å². The maximum absolute atomic E-state index is 12.9. The van der Waals surface area contributed by atoms with Crippen LogP contribution in [-0.4, -0.2) is 46.8 Å². The molecule has 1 fully saturated rings. The lowest BCUT2D eigenvalue weighted by atomic mass is 10.0. The summed E-state index contributed by atoms with van der Waals surface area (Å²) in [7, 11) is 0. The number of halogens is 1. The minimum Gasteiger partial charge on any atom is -0.445 e. The minimum atomic E-state index is -0.859. The molecule has 2 amide bonds. The fraction of sp³-hybridized carbons (Fsp3) is 0.263. The molecular formula is C19H18FN3O4. The summed E-state index contributed by atoms with van der Waals surface area (Å²) in [6, 6.07) is 10.7. The van der Waals surface area contributed by atoms with Crippen molar-refractivity contribution < 1.29 is 23.5 Å². The number of carbonyl (C=O) groups excluding carboxylic acids is 3. The number of hydrogen-bond acceptors (Lipinski definition) is 5. The molecule has 1 unspecified atom stereocenters. The number of nitrogens with one attached hydrogen (secondary N) is 1. The highest BCUT2D eigenvalue weighted by Gasteiger charge is 2.32. The van der Waals surface area contributed by atoms with E-state index < -0.39 is 23.9 Å². The number of aromatic nitrogens is 1. The fourth-order valence-corrected chi connectivity index (χ4v) is 2.68. The van der Waals surface area contributed by atoms with Gasteiger partial charge in [-0.05, 0) is 17.7 Å². The van der Waals surface area contributed by atoms with E-state index in [-0.39, 0.29) is 37.6 Å². The zero-order valence-corrected chi connectivity index (χ0v) is 14.4. The van der Waals surface area contributed by atoms with Crippen LogP contribution < -0.4 is 5.32 Å². The third kappa shape index (κ3) is 4.87. The van der Waals surface area contributed by atoms with Gasteiger partial charge in [0.25, 0.3) is 5.91 Å². The second-order valence-electron chi connectivity index (χ2n) is 6.09. The molecule has 1 N–H and O–H groups in total. The average molecular weight is 371 g/mol. The van der Waals surface area contributed by atoms with Gasteiger partial charge in [0.05, 0.1) is 12.7 Å². The van der Waals surface area contributed by atoms with Crippen molar-refractivity contribution in [2.24, 2.45) is 0 Å². The normalized spacial score (nSPS) is 16.7. The van der Waals surface area contributed by atoms with Crippen molar-refractivity contribution in [3.8, 4) is 0 Å². The summed E-state index contributed by atoms with van der Waals surface area (Å²) < 4.78 is 18.2. The second kappa shape index (κ2) is 8.39. The van der Waals surface area contributed by atoms with Crippen molar-refractivity contribution in [2.75, 3.05) is 13.1 Å². The third-order valence-corrected chi connectivity index (χ3v) is 4.15. The van der Waals surface area contributed by atoms with Gasteiger partial charge in [-0.15, -0.1) is 0 Å². The molecular weight excluding hydrogens is 353 g/mol. The van der Waals surface area contributed by atoms with E-state index >= 15 is 0 Å². The number of ketones is 1. The number of Topliss-reactive ketones (excluding diaryl/α,β-unsaturated/α-hetero) is 1. The first-order chi connectivity index (χ1) is 13.0. The lowest BCUT2D eigenvalue weighted by Gasteiger charge is -2.31. The third-order valence-electron chi connectivity index (χ3n) is 4.15. The van der Waals surface area contributed by atoms with Gasteiger partial charge < -0.3 is 15.0 Å². The molecule has 0 spiro atoms. The molecule has 1 atom stereocenters. The molecule has 0 radical (unpaired) electrons. The predicted molar refractivity (Wildman–Crippen MR) is 93.3 cm³/mol. The van der Waals surface area contributed by atoms with Crippen LogP contribution in [0.25, 0.3) is 0 Å². The number of carbonyl (C=O) groups is 3. The van der Waals surface area contributed by atoms with Crippen LogP contribution in [0.3, 0.4) is 0 Å². The topological polar surface area (TPSA) is 88.6 Å². The van der Waals surface area contributed by atoms with E-state index in [1.807, 2.05) is 30.3 Å². The lowest BCUT2D eigenvalue weighted by molar-refractivity contribution is -0.123. The summed E-state index contributed by atoms with van der Waals surface area (Å²) in [5, 5.41) is 2.54. The molecule has 8 heteroatoms. The molecule has 1 aliphatic rings. The van der Waals surface area contributed by atoms with E-state index in [9.17, 15) is 18.8 Å². The molecule has 27 heavy (non-hydrogen) atoms. The smallest absolute Gasteiger partial charge is 0.410 e. The number of piperidine rings is 1. The number of pyridine rings is 1. The Morgan fingerprint density at radius 3 is 2.70 bits per heavy atom. The number of hydrogen-bond donors (Lipinski definition) is 1. The van der Waals surface area contributed by atoms with Crippen molar-refractivity contribution in [3.05, 3.63) is 65.7 Å². The molecule has 0 saturated carbocycles. The van der Waals surface area contributed by atoms with E-state index in [2.05, 4.69) is 10.3 Å². The molecule has 1 saturated heterocycles.